The third-order valence-electron chi connectivity index (χ3n) is 7.39. The maximum Gasteiger partial charge on any atom is 0.296 e. The standard InChI is InChI=1S/C30H29ClN6O5/c1-30(2,39)10-16-11-33-37(13-16)19-7-8-21(32-12-19)17-3-5-18(6-4-17)25-20(31)9-22-28(35-25)36-29(34-22)42-24-15-41-26-23(38)14-40-27(24)26/h3-9,11-13,23-24,26-27,38-39H,10,14-15H2,1-2H3,(H,34,35,36)/t23-,24?,26?,27-/m1/s1. The molecule has 2 aliphatic heterocycles. The highest BCUT2D eigenvalue weighted by Crippen LogP contribution is 2.33. The molecule has 4 aromatic heterocycles. The van der Waals surface area contributed by atoms with Gasteiger partial charge in [0.15, 0.2) is 11.8 Å². The van der Waals surface area contributed by atoms with Crippen molar-refractivity contribution in [3.63, 3.8) is 0 Å². The van der Waals surface area contributed by atoms with Crippen LogP contribution in [-0.2, 0) is 15.9 Å². The molecule has 5 aromatic rings. The van der Waals surface area contributed by atoms with Crippen molar-refractivity contribution in [2.24, 2.45) is 0 Å². The van der Waals surface area contributed by atoms with Crippen LogP contribution in [-0.4, -0.2) is 83.2 Å². The Kier molecular flexibility index (Phi) is 6.71. The SMILES string of the molecule is CC(C)(O)Cc1cnn(-c2ccc(-c3ccc(-c4nc5nc(OC6COC7[C@@H]6OC[C@H]7O)[nH]c5cc4Cl)cc3)nc2)c1. The predicted molar refractivity (Wildman–Crippen MR) is 155 cm³/mol. The van der Waals surface area contributed by atoms with Gasteiger partial charge in [-0.25, -0.2) is 9.67 Å². The van der Waals surface area contributed by atoms with E-state index in [9.17, 15) is 10.2 Å². The Morgan fingerprint density at radius 3 is 2.60 bits per heavy atom. The molecule has 11 nitrogen and oxygen atoms in total. The Hall–Kier alpha value is -3.87. The summed E-state index contributed by atoms with van der Waals surface area (Å²) in [5, 5.41) is 24.9. The zero-order valence-electron chi connectivity index (χ0n) is 22.9. The molecule has 0 aliphatic carbocycles. The Labute approximate surface area is 246 Å². The summed E-state index contributed by atoms with van der Waals surface area (Å²) in [7, 11) is 0. The van der Waals surface area contributed by atoms with Crippen LogP contribution in [0.3, 0.4) is 0 Å². The summed E-state index contributed by atoms with van der Waals surface area (Å²) in [6.45, 7) is 4.09. The first-order chi connectivity index (χ1) is 20.2. The van der Waals surface area contributed by atoms with Gasteiger partial charge in [0.1, 0.15) is 18.3 Å². The molecule has 1 aromatic carbocycles. The van der Waals surface area contributed by atoms with Crippen molar-refractivity contribution in [3.05, 3.63) is 71.6 Å². The highest BCUT2D eigenvalue weighted by Gasteiger charge is 2.48. The zero-order chi connectivity index (χ0) is 29.0. The molecule has 216 valence electrons. The molecule has 2 unspecified atom stereocenters. The fourth-order valence-electron chi connectivity index (χ4n) is 5.43. The number of nitrogens with zero attached hydrogens (tertiary/aromatic N) is 5. The number of fused-ring (bicyclic) bond motifs is 2. The first-order valence-corrected chi connectivity index (χ1v) is 14.1. The molecule has 7 rings (SSSR count). The van der Waals surface area contributed by atoms with Gasteiger partial charge >= 0.3 is 0 Å². The van der Waals surface area contributed by atoms with E-state index in [1.807, 2.05) is 42.6 Å². The molecule has 0 saturated carbocycles. The molecule has 2 fully saturated rings. The predicted octanol–water partition coefficient (Wildman–Crippen LogP) is 3.75. The minimum atomic E-state index is -0.797. The van der Waals surface area contributed by atoms with Crippen molar-refractivity contribution < 1.29 is 24.4 Å². The van der Waals surface area contributed by atoms with Gasteiger partial charge in [-0.15, -0.1) is 0 Å². The van der Waals surface area contributed by atoms with Crippen LogP contribution >= 0.6 is 11.6 Å². The normalized spacial score (nSPS) is 22.1. The average Bonchev–Trinajstić information content (AvgIpc) is 3.75. The van der Waals surface area contributed by atoms with Crippen LogP contribution in [0.5, 0.6) is 6.01 Å². The lowest BCUT2D eigenvalue weighted by molar-refractivity contribution is 0.00706. The second-order valence-electron chi connectivity index (χ2n) is 11.3. The first kappa shape index (κ1) is 27.0. The number of hydrogen-bond acceptors (Lipinski definition) is 9. The molecular formula is C30H29ClN6O5. The minimum absolute atomic E-state index is 0.229. The third-order valence-corrected chi connectivity index (χ3v) is 7.68. The van der Waals surface area contributed by atoms with E-state index in [4.69, 9.17) is 30.8 Å². The monoisotopic (exact) mass is 588 g/mol. The van der Waals surface area contributed by atoms with Crippen LogP contribution in [0.25, 0.3) is 39.4 Å². The van der Waals surface area contributed by atoms with Crippen molar-refractivity contribution in [2.45, 2.75) is 50.3 Å². The van der Waals surface area contributed by atoms with Gasteiger partial charge in [0.25, 0.3) is 6.01 Å². The molecule has 3 N–H and O–H groups in total. The van der Waals surface area contributed by atoms with Crippen LogP contribution in [0.15, 0.2) is 61.1 Å². The second-order valence-corrected chi connectivity index (χ2v) is 11.7. The Bertz CT molecular complexity index is 1730. The van der Waals surface area contributed by atoms with E-state index in [0.717, 1.165) is 28.1 Å². The number of rotatable bonds is 7. The van der Waals surface area contributed by atoms with Gasteiger partial charge in [-0.05, 0) is 37.6 Å². The number of aromatic nitrogens is 6. The van der Waals surface area contributed by atoms with Crippen molar-refractivity contribution >= 4 is 22.8 Å². The van der Waals surface area contributed by atoms with Gasteiger partial charge in [0.2, 0.25) is 0 Å². The van der Waals surface area contributed by atoms with Crippen LogP contribution in [0.4, 0.5) is 0 Å². The topological polar surface area (TPSA) is 140 Å². The first-order valence-electron chi connectivity index (χ1n) is 13.7. The van der Waals surface area contributed by atoms with E-state index in [1.165, 1.54) is 0 Å². The number of aromatic amines is 1. The molecule has 12 heteroatoms. The summed E-state index contributed by atoms with van der Waals surface area (Å²) in [6.07, 6.45) is 4.19. The van der Waals surface area contributed by atoms with Crippen LogP contribution in [0, 0.1) is 0 Å². The number of aliphatic hydroxyl groups excluding tert-OH is 1. The molecule has 2 aliphatic rings. The highest BCUT2D eigenvalue weighted by molar-refractivity contribution is 6.33. The number of benzene rings is 1. The number of halogens is 1. The summed E-state index contributed by atoms with van der Waals surface area (Å²) in [6, 6.07) is 13.8. The van der Waals surface area contributed by atoms with E-state index >= 15 is 0 Å². The maximum absolute atomic E-state index is 10.1. The molecule has 2 saturated heterocycles. The number of aliphatic hydroxyl groups is 2. The van der Waals surface area contributed by atoms with E-state index in [2.05, 4.69) is 20.1 Å². The minimum Gasteiger partial charge on any atom is -0.456 e. The summed E-state index contributed by atoms with van der Waals surface area (Å²) in [5.74, 6) is 0. The van der Waals surface area contributed by atoms with Gasteiger partial charge in [-0.3, -0.25) is 4.98 Å². The molecule has 42 heavy (non-hydrogen) atoms. The van der Waals surface area contributed by atoms with Crippen LogP contribution in [0.2, 0.25) is 5.02 Å². The van der Waals surface area contributed by atoms with Crippen LogP contribution < -0.4 is 4.74 Å². The average molecular weight is 589 g/mol. The maximum atomic E-state index is 10.1. The molecule has 4 atom stereocenters. The van der Waals surface area contributed by atoms with E-state index < -0.39 is 11.7 Å². The Morgan fingerprint density at radius 1 is 1.05 bits per heavy atom. The second kappa shape index (κ2) is 10.4. The lowest BCUT2D eigenvalue weighted by atomic mass is 10.0. The van der Waals surface area contributed by atoms with Crippen molar-refractivity contribution in [1.82, 2.24) is 29.7 Å². The van der Waals surface area contributed by atoms with Gasteiger partial charge in [0.05, 0.1) is 58.8 Å². The van der Waals surface area contributed by atoms with E-state index in [-0.39, 0.29) is 24.9 Å². The number of pyridine rings is 2. The summed E-state index contributed by atoms with van der Waals surface area (Å²) in [5.41, 5.74) is 5.30. The molecule has 6 heterocycles. The fourth-order valence-corrected chi connectivity index (χ4v) is 5.69. The Balaban J connectivity index is 1.07. The quantitative estimate of drug-likeness (QED) is 0.259. The Morgan fingerprint density at radius 2 is 1.83 bits per heavy atom. The number of ether oxygens (including phenoxy) is 3. The van der Waals surface area contributed by atoms with E-state index in [0.29, 0.717) is 40.9 Å². The third kappa shape index (κ3) is 5.25. The van der Waals surface area contributed by atoms with E-state index in [1.54, 1.807) is 37.0 Å². The van der Waals surface area contributed by atoms with Gasteiger partial charge in [0, 0.05) is 23.7 Å². The summed E-state index contributed by atoms with van der Waals surface area (Å²) < 4.78 is 19.0. The lowest BCUT2D eigenvalue weighted by Crippen LogP contribution is -2.34. The molecule has 0 bridgehead atoms. The number of hydrogen-bond donors (Lipinski definition) is 3. The lowest BCUT2D eigenvalue weighted by Gasteiger charge is -2.15. The van der Waals surface area contributed by atoms with Gasteiger partial charge in [-0.1, -0.05) is 35.9 Å². The highest BCUT2D eigenvalue weighted by atomic mass is 35.5. The molecular weight excluding hydrogens is 560 g/mol. The van der Waals surface area contributed by atoms with Crippen LogP contribution in [0.1, 0.15) is 19.4 Å². The molecule has 0 radical (unpaired) electrons. The van der Waals surface area contributed by atoms with Crippen molar-refractivity contribution in [3.8, 4) is 34.2 Å². The van der Waals surface area contributed by atoms with Crippen molar-refractivity contribution in [1.29, 1.82) is 0 Å². The van der Waals surface area contributed by atoms with Crippen molar-refractivity contribution in [2.75, 3.05) is 13.2 Å². The smallest absolute Gasteiger partial charge is 0.296 e. The van der Waals surface area contributed by atoms with Gasteiger partial charge in [-0.2, -0.15) is 10.1 Å². The molecule has 0 spiro atoms. The fraction of sp³-hybridized carbons (Fsp3) is 0.333. The zero-order valence-corrected chi connectivity index (χ0v) is 23.7. The van der Waals surface area contributed by atoms with Gasteiger partial charge < -0.3 is 29.4 Å². The largest absolute Gasteiger partial charge is 0.456 e. The number of nitrogens with one attached hydrogen (secondary N) is 1. The number of imidazole rings is 1. The summed E-state index contributed by atoms with van der Waals surface area (Å²) >= 11 is 6.62. The molecule has 0 amide bonds. The number of H-pyrrole nitrogens is 1. The summed E-state index contributed by atoms with van der Waals surface area (Å²) in [4.78, 5) is 16.9.